The van der Waals surface area contributed by atoms with Crippen molar-refractivity contribution in [3.63, 3.8) is 0 Å². The summed E-state index contributed by atoms with van der Waals surface area (Å²) in [5.74, 6) is 1.13. The molecule has 0 saturated carbocycles. The van der Waals surface area contributed by atoms with Gasteiger partial charge in [0.1, 0.15) is 6.04 Å². The smallest absolute Gasteiger partial charge is 0.242 e. The van der Waals surface area contributed by atoms with Gasteiger partial charge in [-0.1, -0.05) is 41.9 Å². The molecule has 2 aliphatic heterocycles. The summed E-state index contributed by atoms with van der Waals surface area (Å²) in [5, 5.41) is 1.22. The van der Waals surface area contributed by atoms with Gasteiger partial charge in [0, 0.05) is 25.0 Å². The molecule has 2 aliphatic rings. The van der Waals surface area contributed by atoms with E-state index in [-0.39, 0.29) is 22.8 Å². The number of thiazole rings is 1. The highest BCUT2D eigenvalue weighted by Crippen LogP contribution is 2.34. The van der Waals surface area contributed by atoms with Crippen LogP contribution in [0.5, 0.6) is 0 Å². The van der Waals surface area contributed by atoms with Gasteiger partial charge in [0.15, 0.2) is 0 Å². The average molecular weight is 437 g/mol. The number of likely N-dealkylation sites (tertiary alicyclic amines) is 1. The fourth-order valence-electron chi connectivity index (χ4n) is 3.89. The minimum atomic E-state index is -0.193. The van der Waals surface area contributed by atoms with Gasteiger partial charge in [0.05, 0.1) is 20.1 Å². The molecule has 2 fully saturated rings. The van der Waals surface area contributed by atoms with Crippen LogP contribution in [0.15, 0.2) is 24.3 Å². The number of fused-ring (bicyclic) bond motifs is 1. The molecule has 1 aromatic carbocycles. The Balaban J connectivity index is 1.38. The Kier molecular flexibility index (Phi) is 5.32. The molecular weight excluding hydrogens is 412 g/mol. The Bertz CT molecular complexity index is 754. The first kappa shape index (κ1) is 18.3. The SMILES string of the molecule is CC(C)C1NNC(C(=O)N2CCC(c3nc4ccccc4s3)CC2)C1Br. The first-order chi connectivity index (χ1) is 12.5. The molecule has 3 atom stereocenters. The Hall–Kier alpha value is -1.02. The number of alkyl halides is 1. The summed E-state index contributed by atoms with van der Waals surface area (Å²) in [4.78, 5) is 19.9. The summed E-state index contributed by atoms with van der Waals surface area (Å²) >= 11 is 5.52. The van der Waals surface area contributed by atoms with Crippen molar-refractivity contribution < 1.29 is 4.79 Å². The minimum Gasteiger partial charge on any atom is -0.341 e. The van der Waals surface area contributed by atoms with E-state index < -0.39 is 0 Å². The van der Waals surface area contributed by atoms with Crippen LogP contribution in [0.4, 0.5) is 0 Å². The van der Waals surface area contributed by atoms with Crippen LogP contribution in [0.2, 0.25) is 0 Å². The third-order valence-corrected chi connectivity index (χ3v) is 7.81. The van der Waals surface area contributed by atoms with Gasteiger partial charge in [0.2, 0.25) is 5.91 Å². The number of benzene rings is 1. The lowest BCUT2D eigenvalue weighted by Crippen LogP contribution is -2.50. The fourth-order valence-corrected chi connectivity index (χ4v) is 6.13. The van der Waals surface area contributed by atoms with Crippen molar-refractivity contribution in [2.24, 2.45) is 5.92 Å². The van der Waals surface area contributed by atoms with E-state index in [0.29, 0.717) is 11.8 Å². The Morgan fingerprint density at radius 1 is 1.27 bits per heavy atom. The van der Waals surface area contributed by atoms with Crippen molar-refractivity contribution in [1.29, 1.82) is 0 Å². The molecule has 2 aromatic rings. The van der Waals surface area contributed by atoms with E-state index >= 15 is 0 Å². The number of hydrogen-bond acceptors (Lipinski definition) is 5. The molecule has 4 rings (SSSR count). The monoisotopic (exact) mass is 436 g/mol. The molecule has 7 heteroatoms. The van der Waals surface area contributed by atoms with Crippen LogP contribution in [0, 0.1) is 5.92 Å². The molecule has 3 heterocycles. The number of nitrogens with zero attached hydrogens (tertiary/aromatic N) is 2. The molecule has 0 bridgehead atoms. The number of hydrogen-bond donors (Lipinski definition) is 2. The molecule has 0 aliphatic carbocycles. The molecule has 0 radical (unpaired) electrons. The predicted molar refractivity (Wildman–Crippen MR) is 110 cm³/mol. The lowest BCUT2D eigenvalue weighted by atomic mass is 9.95. The number of carbonyl (C=O) groups is 1. The van der Waals surface area contributed by atoms with Gasteiger partial charge in [0.25, 0.3) is 0 Å². The Morgan fingerprint density at radius 2 is 2.00 bits per heavy atom. The van der Waals surface area contributed by atoms with Crippen LogP contribution in [-0.4, -0.2) is 45.8 Å². The highest BCUT2D eigenvalue weighted by molar-refractivity contribution is 9.09. The van der Waals surface area contributed by atoms with E-state index in [1.807, 2.05) is 11.0 Å². The number of nitrogens with one attached hydrogen (secondary N) is 2. The summed E-state index contributed by atoms with van der Waals surface area (Å²) in [6.07, 6.45) is 1.98. The Labute approximate surface area is 166 Å². The maximum absolute atomic E-state index is 12.9. The van der Waals surface area contributed by atoms with Crippen molar-refractivity contribution in [2.75, 3.05) is 13.1 Å². The van der Waals surface area contributed by atoms with E-state index in [1.54, 1.807) is 11.3 Å². The lowest BCUT2D eigenvalue weighted by molar-refractivity contribution is -0.134. The lowest BCUT2D eigenvalue weighted by Gasteiger charge is -2.33. The molecule has 2 N–H and O–H groups in total. The van der Waals surface area contributed by atoms with Crippen molar-refractivity contribution >= 4 is 43.4 Å². The van der Waals surface area contributed by atoms with Crippen LogP contribution in [-0.2, 0) is 4.79 Å². The van der Waals surface area contributed by atoms with E-state index in [4.69, 9.17) is 4.98 Å². The molecule has 1 amide bonds. The van der Waals surface area contributed by atoms with Crippen LogP contribution in [0.25, 0.3) is 10.2 Å². The molecule has 1 aromatic heterocycles. The molecule has 5 nitrogen and oxygen atoms in total. The third kappa shape index (κ3) is 3.42. The number of piperidine rings is 1. The second kappa shape index (κ2) is 7.54. The van der Waals surface area contributed by atoms with Gasteiger partial charge < -0.3 is 4.90 Å². The third-order valence-electron chi connectivity index (χ3n) is 5.52. The van der Waals surface area contributed by atoms with Crippen LogP contribution >= 0.6 is 27.3 Å². The topological polar surface area (TPSA) is 57.3 Å². The summed E-state index contributed by atoms with van der Waals surface area (Å²) < 4.78 is 1.25. The first-order valence-corrected chi connectivity index (χ1v) is 11.1. The second-order valence-electron chi connectivity index (χ2n) is 7.60. The normalized spacial score (nSPS) is 27.5. The number of amides is 1. The zero-order valence-electron chi connectivity index (χ0n) is 15.1. The number of hydrazine groups is 1. The van der Waals surface area contributed by atoms with Gasteiger partial charge in [-0.3, -0.25) is 10.2 Å². The molecule has 26 heavy (non-hydrogen) atoms. The van der Waals surface area contributed by atoms with Crippen molar-refractivity contribution in [3.8, 4) is 0 Å². The minimum absolute atomic E-state index is 0.122. The number of rotatable bonds is 3. The molecular formula is C19H25BrN4OS. The maximum Gasteiger partial charge on any atom is 0.242 e. The van der Waals surface area contributed by atoms with Crippen molar-refractivity contribution in [3.05, 3.63) is 29.3 Å². The van der Waals surface area contributed by atoms with Gasteiger partial charge in [-0.05, 0) is 30.9 Å². The van der Waals surface area contributed by atoms with Crippen molar-refractivity contribution in [2.45, 2.75) is 49.5 Å². The fraction of sp³-hybridized carbons (Fsp3) is 0.579. The summed E-state index contributed by atoms with van der Waals surface area (Å²) in [6.45, 7) is 5.96. The molecule has 3 unspecified atom stereocenters. The standard InChI is InChI=1S/C19H25BrN4OS/c1-11(2)16-15(20)17(23-22-16)19(25)24-9-7-12(8-10-24)18-21-13-5-3-4-6-14(13)26-18/h3-6,11-12,15-17,22-23H,7-10H2,1-2H3. The second-order valence-corrected chi connectivity index (χ2v) is 9.72. The van der Waals surface area contributed by atoms with Crippen molar-refractivity contribution in [1.82, 2.24) is 20.7 Å². The van der Waals surface area contributed by atoms with Gasteiger partial charge >= 0.3 is 0 Å². The van der Waals surface area contributed by atoms with E-state index in [9.17, 15) is 4.79 Å². The highest BCUT2D eigenvalue weighted by Gasteiger charge is 2.42. The van der Waals surface area contributed by atoms with Crippen LogP contribution in [0.3, 0.4) is 0 Å². The zero-order valence-corrected chi connectivity index (χ0v) is 17.5. The van der Waals surface area contributed by atoms with E-state index in [0.717, 1.165) is 31.4 Å². The number of para-hydroxylation sites is 1. The highest BCUT2D eigenvalue weighted by atomic mass is 79.9. The van der Waals surface area contributed by atoms with E-state index in [1.165, 1.54) is 9.71 Å². The van der Waals surface area contributed by atoms with Gasteiger partial charge in [-0.15, -0.1) is 11.3 Å². The number of carbonyl (C=O) groups excluding carboxylic acids is 1. The number of halogens is 1. The van der Waals surface area contributed by atoms with Gasteiger partial charge in [-0.25, -0.2) is 10.4 Å². The Morgan fingerprint density at radius 3 is 2.65 bits per heavy atom. The first-order valence-electron chi connectivity index (χ1n) is 9.34. The predicted octanol–water partition coefficient (Wildman–Crippen LogP) is 3.27. The van der Waals surface area contributed by atoms with Gasteiger partial charge in [-0.2, -0.15) is 0 Å². The summed E-state index contributed by atoms with van der Waals surface area (Å²) in [7, 11) is 0. The molecule has 0 spiro atoms. The summed E-state index contributed by atoms with van der Waals surface area (Å²) in [5.41, 5.74) is 7.56. The van der Waals surface area contributed by atoms with Crippen LogP contribution in [0.1, 0.15) is 37.6 Å². The molecule has 140 valence electrons. The maximum atomic E-state index is 12.9. The number of aromatic nitrogens is 1. The van der Waals surface area contributed by atoms with Crippen LogP contribution < -0.4 is 10.9 Å². The zero-order chi connectivity index (χ0) is 18.3. The summed E-state index contributed by atoms with van der Waals surface area (Å²) in [6, 6.07) is 8.39. The molecule has 2 saturated heterocycles. The quantitative estimate of drug-likeness (QED) is 0.724. The largest absolute Gasteiger partial charge is 0.341 e. The van der Waals surface area contributed by atoms with E-state index in [2.05, 4.69) is 58.8 Å². The average Bonchev–Trinajstić information content (AvgIpc) is 3.24.